The van der Waals surface area contributed by atoms with Crippen molar-refractivity contribution in [1.29, 1.82) is 0 Å². The third-order valence-corrected chi connectivity index (χ3v) is 2.58. The Kier molecular flexibility index (Phi) is 2.60. The topological polar surface area (TPSA) is 56.7 Å². The predicted octanol–water partition coefficient (Wildman–Crippen LogP) is 1.49. The minimum atomic E-state index is 0.523. The molecule has 4 nitrogen and oxygen atoms in total. The van der Waals surface area contributed by atoms with Crippen molar-refractivity contribution in [3.8, 4) is 5.69 Å². The fourth-order valence-electron chi connectivity index (χ4n) is 1.19. The monoisotopic (exact) mass is 252 g/mol. The largest absolute Gasteiger partial charge is 0.326 e. The quantitative estimate of drug-likeness (QED) is 0.882. The van der Waals surface area contributed by atoms with Crippen LogP contribution in [-0.4, -0.2) is 14.8 Å². The van der Waals surface area contributed by atoms with E-state index in [1.807, 2.05) is 18.2 Å². The van der Waals surface area contributed by atoms with Gasteiger partial charge in [0.25, 0.3) is 0 Å². The first-order valence-corrected chi connectivity index (χ1v) is 4.94. The van der Waals surface area contributed by atoms with Gasteiger partial charge in [0.2, 0.25) is 0 Å². The number of nitrogens with two attached hydrogens (primary N) is 1. The summed E-state index contributed by atoms with van der Waals surface area (Å²) in [6.45, 7) is 0.523. The molecule has 0 saturated heterocycles. The minimum absolute atomic E-state index is 0.523. The van der Waals surface area contributed by atoms with Crippen LogP contribution in [0.5, 0.6) is 0 Å². The van der Waals surface area contributed by atoms with Crippen LogP contribution in [0.15, 0.2) is 35.3 Å². The maximum atomic E-state index is 5.56. The molecule has 0 aliphatic rings. The number of hydrogen-bond acceptors (Lipinski definition) is 3. The van der Waals surface area contributed by atoms with Crippen LogP contribution >= 0.6 is 15.9 Å². The first-order valence-electron chi connectivity index (χ1n) is 4.15. The van der Waals surface area contributed by atoms with Crippen LogP contribution < -0.4 is 5.73 Å². The zero-order valence-electron chi connectivity index (χ0n) is 7.39. The number of rotatable bonds is 2. The van der Waals surface area contributed by atoms with Gasteiger partial charge in [0.05, 0.1) is 5.69 Å². The molecule has 0 bridgehead atoms. The maximum absolute atomic E-state index is 5.56. The minimum Gasteiger partial charge on any atom is -0.326 e. The molecule has 0 unspecified atom stereocenters. The number of halogens is 1. The molecule has 14 heavy (non-hydrogen) atoms. The van der Waals surface area contributed by atoms with Crippen molar-refractivity contribution >= 4 is 15.9 Å². The highest BCUT2D eigenvalue weighted by Crippen LogP contribution is 2.21. The third-order valence-electron chi connectivity index (χ3n) is 1.91. The normalized spacial score (nSPS) is 10.4. The van der Waals surface area contributed by atoms with E-state index in [4.69, 9.17) is 5.73 Å². The Morgan fingerprint density at radius 1 is 1.43 bits per heavy atom. The Labute approximate surface area is 89.9 Å². The summed E-state index contributed by atoms with van der Waals surface area (Å²) in [6.07, 6.45) is 3.15. The lowest BCUT2D eigenvalue weighted by molar-refractivity contribution is 0.870. The molecular weight excluding hydrogens is 244 g/mol. The molecule has 2 aromatic rings. The molecule has 0 aliphatic heterocycles. The lowest BCUT2D eigenvalue weighted by atomic mass is 10.2. The van der Waals surface area contributed by atoms with Crippen LogP contribution in [0.3, 0.4) is 0 Å². The van der Waals surface area contributed by atoms with Gasteiger partial charge in [-0.1, -0.05) is 6.07 Å². The highest BCUT2D eigenvalue weighted by molar-refractivity contribution is 9.10. The Morgan fingerprint density at radius 2 is 2.29 bits per heavy atom. The van der Waals surface area contributed by atoms with E-state index in [9.17, 15) is 0 Å². The van der Waals surface area contributed by atoms with Crippen molar-refractivity contribution in [2.24, 2.45) is 5.73 Å². The highest BCUT2D eigenvalue weighted by atomic mass is 79.9. The second kappa shape index (κ2) is 3.89. The van der Waals surface area contributed by atoms with Gasteiger partial charge in [-0.05, 0) is 33.6 Å². The van der Waals surface area contributed by atoms with Gasteiger partial charge >= 0.3 is 0 Å². The molecule has 0 atom stereocenters. The first-order chi connectivity index (χ1) is 6.81. The smallest absolute Gasteiger partial charge is 0.138 e. The summed E-state index contributed by atoms with van der Waals surface area (Å²) in [7, 11) is 0. The summed E-state index contributed by atoms with van der Waals surface area (Å²) in [5, 5.41) is 4.06. The van der Waals surface area contributed by atoms with Crippen LogP contribution in [0.2, 0.25) is 0 Å². The molecule has 0 aliphatic carbocycles. The number of hydrogen-bond donors (Lipinski definition) is 1. The van der Waals surface area contributed by atoms with Gasteiger partial charge in [0.1, 0.15) is 12.7 Å². The molecule has 1 heterocycles. The molecule has 72 valence electrons. The van der Waals surface area contributed by atoms with Gasteiger partial charge in [0.15, 0.2) is 0 Å². The number of nitrogens with zero attached hydrogens (tertiary/aromatic N) is 3. The lowest BCUT2D eigenvalue weighted by Gasteiger charge is -2.05. The van der Waals surface area contributed by atoms with E-state index in [-0.39, 0.29) is 0 Å². The molecule has 0 radical (unpaired) electrons. The van der Waals surface area contributed by atoms with Crippen LogP contribution in [0.25, 0.3) is 5.69 Å². The molecule has 1 aromatic carbocycles. The number of aromatic nitrogens is 3. The van der Waals surface area contributed by atoms with E-state index >= 15 is 0 Å². The van der Waals surface area contributed by atoms with E-state index in [0.717, 1.165) is 15.7 Å². The molecule has 0 amide bonds. The van der Waals surface area contributed by atoms with Gasteiger partial charge in [-0.25, -0.2) is 9.67 Å². The standard InChI is InChI=1S/C9H9BrN4/c10-8-2-1-7(4-11)3-9(8)14-6-12-5-13-14/h1-3,5-6H,4,11H2. The second-order valence-electron chi connectivity index (χ2n) is 2.83. The van der Waals surface area contributed by atoms with Crippen LogP contribution in [0.4, 0.5) is 0 Å². The summed E-state index contributed by atoms with van der Waals surface area (Å²) >= 11 is 3.45. The average Bonchev–Trinajstić information content (AvgIpc) is 2.71. The fraction of sp³-hybridized carbons (Fsp3) is 0.111. The molecule has 1 aromatic heterocycles. The Morgan fingerprint density at radius 3 is 2.93 bits per heavy atom. The summed E-state index contributed by atoms with van der Waals surface area (Å²) in [5.41, 5.74) is 7.58. The van der Waals surface area contributed by atoms with Crippen molar-refractivity contribution < 1.29 is 0 Å². The molecule has 0 spiro atoms. The summed E-state index contributed by atoms with van der Waals surface area (Å²) in [6, 6.07) is 5.92. The van der Waals surface area contributed by atoms with Crippen molar-refractivity contribution in [1.82, 2.24) is 14.8 Å². The third kappa shape index (κ3) is 1.69. The molecule has 2 N–H and O–H groups in total. The average molecular weight is 253 g/mol. The fourth-order valence-corrected chi connectivity index (χ4v) is 1.62. The van der Waals surface area contributed by atoms with Gasteiger partial charge in [0, 0.05) is 11.0 Å². The van der Waals surface area contributed by atoms with Gasteiger partial charge in [-0.2, -0.15) is 5.10 Å². The Bertz CT molecular complexity index is 424. The zero-order chi connectivity index (χ0) is 9.97. The predicted molar refractivity (Wildman–Crippen MR) is 57.0 cm³/mol. The van der Waals surface area contributed by atoms with Crippen molar-refractivity contribution in [3.05, 3.63) is 40.9 Å². The zero-order valence-corrected chi connectivity index (χ0v) is 8.98. The summed E-state index contributed by atoms with van der Waals surface area (Å²) in [5.74, 6) is 0. The van der Waals surface area contributed by atoms with E-state index in [2.05, 4.69) is 26.0 Å². The summed E-state index contributed by atoms with van der Waals surface area (Å²) < 4.78 is 2.67. The van der Waals surface area contributed by atoms with E-state index in [1.54, 1.807) is 11.0 Å². The summed E-state index contributed by atoms with van der Waals surface area (Å²) in [4.78, 5) is 3.89. The molecule has 2 rings (SSSR count). The SMILES string of the molecule is NCc1ccc(Br)c(-n2cncn2)c1. The van der Waals surface area contributed by atoms with E-state index in [1.165, 1.54) is 6.33 Å². The van der Waals surface area contributed by atoms with Gasteiger partial charge in [-0.3, -0.25) is 0 Å². The van der Waals surface area contributed by atoms with Crippen molar-refractivity contribution in [3.63, 3.8) is 0 Å². The molecule has 0 fully saturated rings. The van der Waals surface area contributed by atoms with Crippen LogP contribution in [0, 0.1) is 0 Å². The molecule has 5 heteroatoms. The lowest BCUT2D eigenvalue weighted by Crippen LogP contribution is -2.00. The van der Waals surface area contributed by atoms with Gasteiger partial charge < -0.3 is 5.73 Å². The number of benzene rings is 1. The Hall–Kier alpha value is -1.20. The Balaban J connectivity index is 2.51. The molecule has 0 saturated carbocycles. The van der Waals surface area contributed by atoms with E-state index < -0.39 is 0 Å². The van der Waals surface area contributed by atoms with E-state index in [0.29, 0.717) is 6.54 Å². The first kappa shape index (κ1) is 9.36. The molecular formula is C9H9BrN4. The van der Waals surface area contributed by atoms with Crippen molar-refractivity contribution in [2.45, 2.75) is 6.54 Å². The van der Waals surface area contributed by atoms with Crippen LogP contribution in [0.1, 0.15) is 5.56 Å². The van der Waals surface area contributed by atoms with Gasteiger partial charge in [-0.15, -0.1) is 0 Å². The van der Waals surface area contributed by atoms with Crippen LogP contribution in [-0.2, 0) is 6.54 Å². The van der Waals surface area contributed by atoms with Crippen molar-refractivity contribution in [2.75, 3.05) is 0 Å². The second-order valence-corrected chi connectivity index (χ2v) is 3.68. The maximum Gasteiger partial charge on any atom is 0.138 e. The highest BCUT2D eigenvalue weighted by Gasteiger charge is 2.03.